The van der Waals surface area contributed by atoms with Crippen LogP contribution in [0, 0.1) is 0 Å². The molecular weight excluding hydrogens is 324 g/mol. The Labute approximate surface area is 155 Å². The molecule has 0 unspecified atom stereocenters. The van der Waals surface area contributed by atoms with Crippen LogP contribution in [0.1, 0.15) is 42.9 Å². The molecule has 0 bridgehead atoms. The normalized spacial score (nSPS) is 27.9. The van der Waals surface area contributed by atoms with Gasteiger partial charge in [0, 0.05) is 31.2 Å². The van der Waals surface area contributed by atoms with E-state index < -0.39 is 0 Å². The molecule has 2 aromatic rings. The summed E-state index contributed by atoms with van der Waals surface area (Å²) in [5, 5.41) is 3.94. The van der Waals surface area contributed by atoms with E-state index in [1.165, 1.54) is 36.8 Å². The molecule has 0 radical (unpaired) electrons. The van der Waals surface area contributed by atoms with Gasteiger partial charge in [-0.3, -0.25) is 4.90 Å². The van der Waals surface area contributed by atoms with Crippen molar-refractivity contribution >= 4 is 0 Å². The monoisotopic (exact) mass is 350 g/mol. The number of rotatable bonds is 3. The van der Waals surface area contributed by atoms with Crippen molar-refractivity contribution in [3.8, 4) is 11.5 Å². The number of nitrogens with zero attached hydrogens (tertiary/aromatic N) is 1. The second-order valence-corrected chi connectivity index (χ2v) is 7.71. The lowest BCUT2D eigenvalue weighted by Gasteiger charge is -2.48. The second kappa shape index (κ2) is 6.93. The smallest absolute Gasteiger partial charge is 0.231 e. The van der Waals surface area contributed by atoms with Crippen LogP contribution in [0.5, 0.6) is 11.5 Å². The number of hydrogen-bond donors (Lipinski definition) is 1. The van der Waals surface area contributed by atoms with Crippen molar-refractivity contribution in [2.45, 2.75) is 50.4 Å². The average Bonchev–Trinajstić information content (AvgIpc) is 3.16. The van der Waals surface area contributed by atoms with Crippen LogP contribution in [0.2, 0.25) is 0 Å². The van der Waals surface area contributed by atoms with E-state index in [9.17, 15) is 0 Å². The molecule has 0 aromatic heterocycles. The van der Waals surface area contributed by atoms with Gasteiger partial charge in [0.25, 0.3) is 0 Å². The molecule has 4 heteroatoms. The number of fused-ring (bicyclic) bond motifs is 2. The van der Waals surface area contributed by atoms with Crippen LogP contribution >= 0.6 is 0 Å². The molecule has 2 heterocycles. The zero-order chi connectivity index (χ0) is 17.3. The van der Waals surface area contributed by atoms with E-state index in [0.29, 0.717) is 24.9 Å². The molecule has 3 atom stereocenters. The highest BCUT2D eigenvalue weighted by molar-refractivity contribution is 5.45. The van der Waals surface area contributed by atoms with Crippen molar-refractivity contribution < 1.29 is 9.47 Å². The van der Waals surface area contributed by atoms with Gasteiger partial charge in [0.05, 0.1) is 0 Å². The summed E-state index contributed by atoms with van der Waals surface area (Å²) in [6.45, 7) is 2.40. The van der Waals surface area contributed by atoms with Gasteiger partial charge in [0.15, 0.2) is 11.5 Å². The van der Waals surface area contributed by atoms with Gasteiger partial charge in [-0.1, -0.05) is 49.2 Å². The van der Waals surface area contributed by atoms with E-state index in [2.05, 4.69) is 52.7 Å². The topological polar surface area (TPSA) is 33.7 Å². The maximum absolute atomic E-state index is 5.60. The summed E-state index contributed by atoms with van der Waals surface area (Å²) in [4.78, 5) is 2.70. The quantitative estimate of drug-likeness (QED) is 0.911. The van der Waals surface area contributed by atoms with Gasteiger partial charge < -0.3 is 14.8 Å². The molecule has 136 valence electrons. The van der Waals surface area contributed by atoms with Gasteiger partial charge in [0.2, 0.25) is 6.79 Å². The molecule has 2 fully saturated rings. The first kappa shape index (κ1) is 16.2. The molecule has 1 aliphatic carbocycles. The van der Waals surface area contributed by atoms with E-state index in [1.54, 1.807) is 0 Å². The predicted molar refractivity (Wildman–Crippen MR) is 101 cm³/mol. The molecule has 5 rings (SSSR count). The molecule has 26 heavy (non-hydrogen) atoms. The summed E-state index contributed by atoms with van der Waals surface area (Å²) in [5.41, 5.74) is 2.71. The molecular formula is C22H26N2O2. The van der Waals surface area contributed by atoms with E-state index in [0.717, 1.165) is 24.6 Å². The lowest BCUT2D eigenvalue weighted by molar-refractivity contribution is 0.0552. The van der Waals surface area contributed by atoms with Crippen LogP contribution in [0.25, 0.3) is 0 Å². The maximum atomic E-state index is 5.60. The van der Waals surface area contributed by atoms with E-state index in [1.807, 2.05) is 6.07 Å². The molecule has 4 nitrogen and oxygen atoms in total. The molecule has 1 saturated carbocycles. The fourth-order valence-corrected chi connectivity index (χ4v) is 4.76. The minimum Gasteiger partial charge on any atom is -0.454 e. The third kappa shape index (κ3) is 3.08. The largest absolute Gasteiger partial charge is 0.454 e. The Bertz CT molecular complexity index is 764. The van der Waals surface area contributed by atoms with Gasteiger partial charge in [-0.2, -0.15) is 0 Å². The van der Waals surface area contributed by atoms with Gasteiger partial charge >= 0.3 is 0 Å². The number of hydrogen-bond acceptors (Lipinski definition) is 4. The van der Waals surface area contributed by atoms with Gasteiger partial charge in [0.1, 0.15) is 0 Å². The number of ether oxygens (including phenoxy) is 2. The highest BCUT2D eigenvalue weighted by atomic mass is 16.7. The second-order valence-electron chi connectivity index (χ2n) is 7.71. The standard InChI is InChI=1S/C22H26N2O2/c1-2-6-16(7-3-1)13-24-14-19(23-18-8-4-5-9-20(18)24)17-10-11-21-22(12-17)26-15-25-21/h1-3,6-7,10-12,18-20,23H,4-5,8-9,13-15H2/t18-,19-,20-/m0/s1. The number of nitrogens with one attached hydrogen (secondary N) is 1. The summed E-state index contributed by atoms with van der Waals surface area (Å²) in [6, 6.07) is 18.8. The first-order chi connectivity index (χ1) is 12.9. The fourth-order valence-electron chi connectivity index (χ4n) is 4.76. The van der Waals surface area contributed by atoms with E-state index >= 15 is 0 Å². The van der Waals surface area contributed by atoms with Crippen LogP contribution in [0.15, 0.2) is 48.5 Å². The molecule has 2 aliphatic heterocycles. The first-order valence-corrected chi connectivity index (χ1v) is 9.80. The summed E-state index contributed by atoms with van der Waals surface area (Å²) < 4.78 is 11.1. The van der Waals surface area contributed by atoms with Gasteiger partial charge in [-0.05, 0) is 36.1 Å². The third-order valence-corrected chi connectivity index (χ3v) is 6.06. The Morgan fingerprint density at radius 3 is 2.73 bits per heavy atom. The van der Waals surface area contributed by atoms with E-state index in [4.69, 9.17) is 9.47 Å². The average molecular weight is 350 g/mol. The van der Waals surface area contributed by atoms with Gasteiger partial charge in [-0.25, -0.2) is 0 Å². The summed E-state index contributed by atoms with van der Waals surface area (Å²) in [6.07, 6.45) is 5.26. The molecule has 0 amide bonds. The molecule has 2 aromatic carbocycles. The third-order valence-electron chi connectivity index (χ3n) is 6.06. The zero-order valence-electron chi connectivity index (χ0n) is 15.1. The van der Waals surface area contributed by atoms with Crippen molar-refractivity contribution in [1.29, 1.82) is 0 Å². The number of piperazine rings is 1. The Balaban J connectivity index is 1.40. The van der Waals surface area contributed by atoms with Crippen LogP contribution in [-0.2, 0) is 6.54 Å². The highest BCUT2D eigenvalue weighted by Crippen LogP contribution is 2.37. The minimum atomic E-state index is 0.335. The van der Waals surface area contributed by atoms with Crippen molar-refractivity contribution in [2.75, 3.05) is 13.3 Å². The lowest BCUT2D eigenvalue weighted by Crippen LogP contribution is -2.59. The Morgan fingerprint density at radius 1 is 0.962 bits per heavy atom. The Morgan fingerprint density at radius 2 is 1.81 bits per heavy atom. The Hall–Kier alpha value is -2.04. The summed E-state index contributed by atoms with van der Waals surface area (Å²) in [7, 11) is 0. The van der Waals surface area contributed by atoms with Crippen LogP contribution in [0.4, 0.5) is 0 Å². The molecule has 0 spiro atoms. The maximum Gasteiger partial charge on any atom is 0.231 e. The number of benzene rings is 2. The van der Waals surface area contributed by atoms with Crippen LogP contribution in [-0.4, -0.2) is 30.3 Å². The highest BCUT2D eigenvalue weighted by Gasteiger charge is 2.37. The predicted octanol–water partition coefficient (Wildman–Crippen LogP) is 3.87. The van der Waals surface area contributed by atoms with Crippen molar-refractivity contribution in [2.24, 2.45) is 0 Å². The first-order valence-electron chi connectivity index (χ1n) is 9.80. The minimum absolute atomic E-state index is 0.335. The Kier molecular flexibility index (Phi) is 4.31. The summed E-state index contributed by atoms with van der Waals surface area (Å²) in [5.74, 6) is 1.74. The van der Waals surface area contributed by atoms with Crippen molar-refractivity contribution in [1.82, 2.24) is 10.2 Å². The lowest BCUT2D eigenvalue weighted by atomic mass is 9.85. The zero-order valence-corrected chi connectivity index (χ0v) is 15.1. The molecule has 3 aliphatic rings. The van der Waals surface area contributed by atoms with Gasteiger partial charge in [-0.15, -0.1) is 0 Å². The van der Waals surface area contributed by atoms with E-state index in [-0.39, 0.29) is 0 Å². The van der Waals surface area contributed by atoms with Crippen molar-refractivity contribution in [3.05, 3.63) is 59.7 Å². The van der Waals surface area contributed by atoms with Crippen LogP contribution in [0.3, 0.4) is 0 Å². The molecule has 1 N–H and O–H groups in total. The SMILES string of the molecule is c1ccc(CN2C[C@@H](c3ccc4c(c3)OCO4)N[C@H]3CCCC[C@@H]32)cc1. The molecule has 1 saturated heterocycles. The summed E-state index contributed by atoms with van der Waals surface area (Å²) >= 11 is 0. The van der Waals surface area contributed by atoms with Crippen molar-refractivity contribution in [3.63, 3.8) is 0 Å². The fraction of sp³-hybridized carbons (Fsp3) is 0.455. The van der Waals surface area contributed by atoms with Crippen LogP contribution < -0.4 is 14.8 Å².